The maximum Gasteiger partial charge on any atom is 0.402 e. The van der Waals surface area contributed by atoms with E-state index in [4.69, 9.17) is 29.7 Å². The Labute approximate surface area is 72.5 Å². The summed E-state index contributed by atoms with van der Waals surface area (Å²) in [6.45, 7) is 0. The first-order valence-electron chi connectivity index (χ1n) is 2.15. The second-order valence-electron chi connectivity index (χ2n) is 1.01. The average Bonchev–Trinajstić information content (AvgIpc) is 1.54. The van der Waals surface area contributed by atoms with Crippen molar-refractivity contribution in [2.75, 3.05) is 0 Å². The number of carbonyl (C=O) groups is 3. The van der Waals surface area contributed by atoms with Gasteiger partial charge in [0.05, 0.1) is 0 Å². The molecule has 0 atom stereocenters. The first kappa shape index (κ1) is 22.4. The summed E-state index contributed by atoms with van der Waals surface area (Å²) in [4.78, 5) is 26.3. The highest BCUT2D eigenvalue weighted by atomic mass is 16.4. The summed E-state index contributed by atoms with van der Waals surface area (Å²) < 4.78 is 0. The third-order valence-electron chi connectivity index (χ3n) is 0. The summed E-state index contributed by atoms with van der Waals surface area (Å²) in [5.74, 6) is 0. The SMILES string of the molecule is N.NC(=O)O.NC(=O)O.NC(=O)O. The monoisotopic (exact) mass is 200 g/mol. The zero-order chi connectivity index (χ0) is 10.7. The lowest BCUT2D eigenvalue weighted by Crippen LogP contribution is -2.03. The van der Waals surface area contributed by atoms with E-state index in [0.717, 1.165) is 0 Å². The lowest BCUT2D eigenvalue weighted by Gasteiger charge is -1.61. The summed E-state index contributed by atoms with van der Waals surface area (Å²) in [6.07, 6.45) is -4.00. The Morgan fingerprint density at radius 1 is 0.692 bits per heavy atom. The third kappa shape index (κ3) is 119. The molecule has 0 aromatic rings. The third-order valence-corrected chi connectivity index (χ3v) is 0. The van der Waals surface area contributed by atoms with Gasteiger partial charge in [-0.05, 0) is 0 Å². The molecule has 12 N–H and O–H groups in total. The van der Waals surface area contributed by atoms with Crippen LogP contribution in [0, 0.1) is 0 Å². The first-order valence-corrected chi connectivity index (χ1v) is 2.15. The highest BCUT2D eigenvalue weighted by Gasteiger charge is 1.65. The molecule has 0 aromatic carbocycles. The van der Waals surface area contributed by atoms with E-state index < -0.39 is 18.3 Å². The van der Waals surface area contributed by atoms with Crippen LogP contribution in [0.5, 0.6) is 0 Å². The standard InChI is InChI=1S/3CH3NO2.H3N/c3*2-1(3)4;/h3*2H2,(H,3,4);1H3. The zero-order valence-corrected chi connectivity index (χ0v) is 6.51. The Kier molecular flexibility index (Phi) is 28.3. The summed E-state index contributed by atoms with van der Waals surface area (Å²) in [5, 5.41) is 21.6. The largest absolute Gasteiger partial charge is 0.465 e. The van der Waals surface area contributed by atoms with Gasteiger partial charge in [0.1, 0.15) is 0 Å². The molecule has 0 aliphatic rings. The van der Waals surface area contributed by atoms with Crippen LogP contribution in [0.15, 0.2) is 0 Å². The highest BCUT2D eigenvalue weighted by Crippen LogP contribution is 1.35. The van der Waals surface area contributed by atoms with Crippen molar-refractivity contribution in [3.05, 3.63) is 0 Å². The second kappa shape index (κ2) is 16.4. The molecule has 10 nitrogen and oxygen atoms in total. The topological polar surface area (TPSA) is 225 Å². The van der Waals surface area contributed by atoms with Gasteiger partial charge in [-0.3, -0.25) is 0 Å². The van der Waals surface area contributed by atoms with E-state index in [1.54, 1.807) is 0 Å². The Morgan fingerprint density at radius 2 is 0.692 bits per heavy atom. The molecule has 0 bridgehead atoms. The van der Waals surface area contributed by atoms with Gasteiger partial charge in [-0.1, -0.05) is 0 Å². The van der Waals surface area contributed by atoms with Gasteiger partial charge in [0.2, 0.25) is 0 Å². The van der Waals surface area contributed by atoms with Gasteiger partial charge in [-0.2, -0.15) is 0 Å². The fraction of sp³-hybridized carbons (Fsp3) is 0. The predicted molar refractivity (Wildman–Crippen MR) is 41.7 cm³/mol. The maximum absolute atomic E-state index is 8.78. The van der Waals surface area contributed by atoms with Crippen LogP contribution < -0.4 is 23.4 Å². The smallest absolute Gasteiger partial charge is 0.402 e. The van der Waals surface area contributed by atoms with Gasteiger partial charge in [-0.25, -0.2) is 14.4 Å². The zero-order valence-electron chi connectivity index (χ0n) is 6.51. The van der Waals surface area contributed by atoms with Crippen molar-refractivity contribution in [1.82, 2.24) is 6.15 Å². The second-order valence-corrected chi connectivity index (χ2v) is 1.01. The van der Waals surface area contributed by atoms with Crippen molar-refractivity contribution in [3.63, 3.8) is 0 Å². The molecule has 0 saturated carbocycles. The van der Waals surface area contributed by atoms with Crippen LogP contribution in [0.2, 0.25) is 0 Å². The van der Waals surface area contributed by atoms with E-state index in [2.05, 4.69) is 17.2 Å². The van der Waals surface area contributed by atoms with Crippen LogP contribution in [0.25, 0.3) is 0 Å². The van der Waals surface area contributed by atoms with Gasteiger partial charge in [0.25, 0.3) is 0 Å². The molecule has 0 saturated heterocycles. The van der Waals surface area contributed by atoms with E-state index in [-0.39, 0.29) is 6.15 Å². The number of hydrogen-bond acceptors (Lipinski definition) is 4. The Morgan fingerprint density at radius 3 is 0.692 bits per heavy atom. The molecule has 0 rings (SSSR count). The highest BCUT2D eigenvalue weighted by molar-refractivity contribution is 5.62. The predicted octanol–water partition coefficient (Wildman–Crippen LogP) is -0.969. The Balaban J connectivity index is -0.0000000450. The average molecular weight is 200 g/mol. The molecule has 0 spiro atoms. The molecule has 80 valence electrons. The van der Waals surface area contributed by atoms with E-state index in [9.17, 15) is 0 Å². The quantitative estimate of drug-likeness (QED) is 0.258. The molecule has 0 aromatic heterocycles. The summed E-state index contributed by atoms with van der Waals surface area (Å²) >= 11 is 0. The minimum absolute atomic E-state index is 0. The number of carboxylic acid groups (broad SMARTS) is 3. The molecule has 0 unspecified atom stereocenters. The molecule has 13 heavy (non-hydrogen) atoms. The lowest BCUT2D eigenvalue weighted by molar-refractivity contribution is 0.204. The first-order chi connectivity index (χ1) is 5.20. The van der Waals surface area contributed by atoms with E-state index in [1.807, 2.05) is 0 Å². The number of hydrogen-bond donors (Lipinski definition) is 7. The molecule has 3 amide bonds. The number of amides is 3. The molecule has 0 heterocycles. The minimum atomic E-state index is -1.33. The number of primary amides is 3. The number of nitrogens with two attached hydrogens (primary N) is 3. The summed E-state index contributed by atoms with van der Waals surface area (Å²) in [5.41, 5.74) is 12.1. The molecule has 0 radical (unpaired) electrons. The Hall–Kier alpha value is -2.23. The fourth-order valence-electron chi connectivity index (χ4n) is 0. The number of rotatable bonds is 0. The van der Waals surface area contributed by atoms with Crippen molar-refractivity contribution in [2.24, 2.45) is 17.2 Å². The van der Waals surface area contributed by atoms with E-state index in [0.29, 0.717) is 0 Å². The molecular formula is C3H12N4O6. The van der Waals surface area contributed by atoms with Gasteiger partial charge in [0, 0.05) is 0 Å². The van der Waals surface area contributed by atoms with E-state index in [1.165, 1.54) is 0 Å². The van der Waals surface area contributed by atoms with Crippen LogP contribution >= 0.6 is 0 Å². The van der Waals surface area contributed by atoms with Crippen molar-refractivity contribution >= 4 is 18.3 Å². The summed E-state index contributed by atoms with van der Waals surface area (Å²) in [6, 6.07) is 0. The van der Waals surface area contributed by atoms with Gasteiger partial charge in [0.15, 0.2) is 0 Å². The van der Waals surface area contributed by atoms with Gasteiger partial charge in [-0.15, -0.1) is 0 Å². The molecule has 0 aliphatic heterocycles. The minimum Gasteiger partial charge on any atom is -0.465 e. The fourth-order valence-corrected chi connectivity index (χ4v) is 0. The molecule has 0 fully saturated rings. The molecular weight excluding hydrogens is 188 g/mol. The van der Waals surface area contributed by atoms with Crippen LogP contribution in [0.3, 0.4) is 0 Å². The van der Waals surface area contributed by atoms with Gasteiger partial charge < -0.3 is 38.7 Å². The van der Waals surface area contributed by atoms with Crippen molar-refractivity contribution in [1.29, 1.82) is 0 Å². The van der Waals surface area contributed by atoms with Crippen molar-refractivity contribution in [2.45, 2.75) is 0 Å². The van der Waals surface area contributed by atoms with Gasteiger partial charge >= 0.3 is 18.3 Å². The van der Waals surface area contributed by atoms with E-state index >= 15 is 0 Å². The summed E-state index contributed by atoms with van der Waals surface area (Å²) in [7, 11) is 0. The van der Waals surface area contributed by atoms with Crippen molar-refractivity contribution < 1.29 is 29.7 Å². The van der Waals surface area contributed by atoms with Crippen LogP contribution in [0.1, 0.15) is 0 Å². The Bertz CT molecular complexity index is 117. The van der Waals surface area contributed by atoms with Crippen LogP contribution in [-0.2, 0) is 0 Å². The van der Waals surface area contributed by atoms with Crippen molar-refractivity contribution in [3.8, 4) is 0 Å². The van der Waals surface area contributed by atoms with Crippen LogP contribution in [0.4, 0.5) is 14.4 Å². The maximum atomic E-state index is 8.78. The molecule has 10 heteroatoms. The normalized spacial score (nSPS) is 5.54. The molecule has 0 aliphatic carbocycles. The lowest BCUT2D eigenvalue weighted by atomic mass is 11.3. The van der Waals surface area contributed by atoms with Crippen LogP contribution in [-0.4, -0.2) is 33.6 Å².